The third-order valence-corrected chi connectivity index (χ3v) is 11.9. The Hall–Kier alpha value is -4.98. The van der Waals surface area contributed by atoms with Crippen molar-refractivity contribution >= 4 is 59.1 Å². The second kappa shape index (κ2) is 9.52. The SMILES string of the molecule is CC1(C)c2cc(-c3c4c(c(-c5ccc6c(c5)sc5ccccc56)c5ccccc35)CCC=C4)ccc2-c2c1ccc1ccccc21. The number of allylic oxidation sites excluding steroid dienone is 1. The smallest absolute Gasteiger partial charge is 0.0361 e. The van der Waals surface area contributed by atoms with Crippen LogP contribution in [0.25, 0.3) is 81.2 Å². The molecule has 46 heavy (non-hydrogen) atoms. The molecule has 0 N–H and O–H groups in total. The molecule has 0 amide bonds. The minimum absolute atomic E-state index is 0.0734. The summed E-state index contributed by atoms with van der Waals surface area (Å²) in [6.07, 6.45) is 6.90. The van der Waals surface area contributed by atoms with E-state index in [1.54, 1.807) is 0 Å². The Morgan fingerprint density at radius 1 is 0.543 bits per heavy atom. The Morgan fingerprint density at radius 2 is 1.24 bits per heavy atom. The lowest BCUT2D eigenvalue weighted by Gasteiger charge is -2.25. The molecule has 1 heteroatoms. The van der Waals surface area contributed by atoms with E-state index < -0.39 is 0 Å². The minimum atomic E-state index is -0.0734. The van der Waals surface area contributed by atoms with Crippen molar-refractivity contribution in [1.82, 2.24) is 0 Å². The number of rotatable bonds is 2. The molecule has 0 saturated carbocycles. The summed E-state index contributed by atoms with van der Waals surface area (Å²) in [4.78, 5) is 0. The quantitative estimate of drug-likeness (QED) is 0.184. The minimum Gasteiger partial charge on any atom is -0.135 e. The van der Waals surface area contributed by atoms with E-state index in [0.717, 1.165) is 12.8 Å². The number of hydrogen-bond acceptors (Lipinski definition) is 1. The highest BCUT2D eigenvalue weighted by Crippen LogP contribution is 2.53. The highest BCUT2D eigenvalue weighted by Gasteiger charge is 2.37. The average Bonchev–Trinajstić information content (AvgIpc) is 3.58. The second-order valence-electron chi connectivity index (χ2n) is 13.5. The third kappa shape index (κ3) is 3.55. The first-order chi connectivity index (χ1) is 22.6. The van der Waals surface area contributed by atoms with Gasteiger partial charge < -0.3 is 0 Å². The van der Waals surface area contributed by atoms with Crippen molar-refractivity contribution in [2.45, 2.75) is 32.1 Å². The number of thiophene rings is 1. The van der Waals surface area contributed by atoms with Gasteiger partial charge >= 0.3 is 0 Å². The highest BCUT2D eigenvalue weighted by atomic mass is 32.1. The van der Waals surface area contributed by atoms with Gasteiger partial charge in [0.2, 0.25) is 0 Å². The number of hydrogen-bond donors (Lipinski definition) is 0. The van der Waals surface area contributed by atoms with Crippen LogP contribution in [0.3, 0.4) is 0 Å². The molecule has 0 atom stereocenters. The summed E-state index contributed by atoms with van der Waals surface area (Å²) in [6.45, 7) is 4.80. The molecule has 0 unspecified atom stereocenters. The topological polar surface area (TPSA) is 0 Å². The molecule has 2 aliphatic rings. The summed E-state index contributed by atoms with van der Waals surface area (Å²) in [5.74, 6) is 0. The van der Waals surface area contributed by atoms with Crippen LogP contribution in [0.15, 0.2) is 127 Å². The maximum atomic E-state index is 2.51. The van der Waals surface area contributed by atoms with Gasteiger partial charge in [-0.25, -0.2) is 0 Å². The first-order valence-electron chi connectivity index (χ1n) is 16.4. The van der Waals surface area contributed by atoms with E-state index in [1.165, 1.54) is 97.4 Å². The van der Waals surface area contributed by atoms with Gasteiger partial charge in [0.1, 0.15) is 0 Å². The van der Waals surface area contributed by atoms with Crippen molar-refractivity contribution in [1.29, 1.82) is 0 Å². The Kier molecular flexibility index (Phi) is 5.43. The van der Waals surface area contributed by atoms with Crippen LogP contribution in [0.5, 0.6) is 0 Å². The van der Waals surface area contributed by atoms with Crippen molar-refractivity contribution in [3.05, 3.63) is 150 Å². The summed E-state index contributed by atoms with van der Waals surface area (Å²) in [5, 5.41) is 8.05. The van der Waals surface area contributed by atoms with Gasteiger partial charge in [-0.3, -0.25) is 0 Å². The fraction of sp³-hybridized carbons (Fsp3) is 0.111. The normalized spacial score (nSPS) is 14.7. The van der Waals surface area contributed by atoms with E-state index in [0.29, 0.717) is 0 Å². The van der Waals surface area contributed by atoms with Gasteiger partial charge in [-0.15, -0.1) is 11.3 Å². The molecule has 1 aromatic heterocycles. The molecule has 0 bridgehead atoms. The molecule has 7 aromatic carbocycles. The molecular formula is C45H32S. The molecule has 2 aliphatic carbocycles. The van der Waals surface area contributed by atoms with Crippen LogP contribution in [0.4, 0.5) is 0 Å². The summed E-state index contributed by atoms with van der Waals surface area (Å²) in [7, 11) is 0. The standard InChI is InChI=1S/C45H32S/c1-45(2)38-24-21-27-11-3-4-12-30(27)44(38)37-23-20-28(25-39(37)45)42-33-14-5-7-16-35(33)43(36-17-8-6-15-34(36)42)29-19-22-32-31-13-9-10-18-40(31)46-41(32)26-29/h3-7,9-16,18-26H,8,17H2,1-2H3. The van der Waals surface area contributed by atoms with Crippen LogP contribution >= 0.6 is 11.3 Å². The van der Waals surface area contributed by atoms with Crippen molar-refractivity contribution in [2.24, 2.45) is 0 Å². The van der Waals surface area contributed by atoms with Gasteiger partial charge in [0.15, 0.2) is 0 Å². The molecule has 0 spiro atoms. The molecule has 0 radical (unpaired) electrons. The van der Waals surface area contributed by atoms with Crippen LogP contribution in [-0.2, 0) is 11.8 Å². The van der Waals surface area contributed by atoms with Gasteiger partial charge in [-0.2, -0.15) is 0 Å². The molecule has 218 valence electrons. The van der Waals surface area contributed by atoms with Gasteiger partial charge in [-0.1, -0.05) is 129 Å². The van der Waals surface area contributed by atoms with Crippen molar-refractivity contribution in [2.75, 3.05) is 0 Å². The maximum absolute atomic E-state index is 2.51. The first-order valence-corrected chi connectivity index (χ1v) is 17.2. The first kappa shape index (κ1) is 26.3. The number of benzene rings is 7. The van der Waals surface area contributed by atoms with Crippen LogP contribution < -0.4 is 0 Å². The van der Waals surface area contributed by atoms with Crippen molar-refractivity contribution in [3.8, 4) is 33.4 Å². The zero-order valence-electron chi connectivity index (χ0n) is 26.0. The molecule has 1 heterocycles. The lowest BCUT2D eigenvalue weighted by atomic mass is 9.78. The summed E-state index contributed by atoms with van der Waals surface area (Å²) in [6, 6.07) is 45.9. The summed E-state index contributed by atoms with van der Waals surface area (Å²) >= 11 is 1.91. The summed E-state index contributed by atoms with van der Waals surface area (Å²) < 4.78 is 2.72. The zero-order chi connectivity index (χ0) is 30.6. The zero-order valence-corrected chi connectivity index (χ0v) is 26.8. The van der Waals surface area contributed by atoms with Gasteiger partial charge in [0, 0.05) is 25.6 Å². The van der Waals surface area contributed by atoms with E-state index in [1.807, 2.05) is 11.3 Å². The third-order valence-electron chi connectivity index (χ3n) is 10.7. The average molecular weight is 605 g/mol. The van der Waals surface area contributed by atoms with Crippen LogP contribution in [0, 0.1) is 0 Å². The van der Waals surface area contributed by atoms with Crippen molar-refractivity contribution < 1.29 is 0 Å². The van der Waals surface area contributed by atoms with Gasteiger partial charge in [0.25, 0.3) is 0 Å². The largest absolute Gasteiger partial charge is 0.135 e. The lowest BCUT2D eigenvalue weighted by Crippen LogP contribution is -2.15. The Morgan fingerprint density at radius 3 is 2.11 bits per heavy atom. The lowest BCUT2D eigenvalue weighted by molar-refractivity contribution is 0.661. The van der Waals surface area contributed by atoms with Gasteiger partial charge in [-0.05, 0) is 108 Å². The van der Waals surface area contributed by atoms with E-state index in [9.17, 15) is 0 Å². The van der Waals surface area contributed by atoms with E-state index in [4.69, 9.17) is 0 Å². The summed E-state index contributed by atoms with van der Waals surface area (Å²) in [5.41, 5.74) is 13.8. The van der Waals surface area contributed by atoms with E-state index in [2.05, 4.69) is 147 Å². The maximum Gasteiger partial charge on any atom is 0.0361 e. The molecule has 0 nitrogen and oxygen atoms in total. The fourth-order valence-corrected chi connectivity index (χ4v) is 9.71. The monoisotopic (exact) mass is 604 g/mol. The predicted octanol–water partition coefficient (Wildman–Crippen LogP) is 13.0. The van der Waals surface area contributed by atoms with Crippen LogP contribution in [0.1, 0.15) is 42.5 Å². The highest BCUT2D eigenvalue weighted by molar-refractivity contribution is 7.25. The Bertz CT molecular complexity index is 2610. The number of fused-ring (bicyclic) bond motifs is 10. The van der Waals surface area contributed by atoms with E-state index in [-0.39, 0.29) is 5.41 Å². The molecule has 0 fully saturated rings. The fourth-order valence-electron chi connectivity index (χ4n) is 8.57. The molecule has 0 saturated heterocycles. The molecule has 10 rings (SSSR count). The Labute approximate surface area is 273 Å². The van der Waals surface area contributed by atoms with Gasteiger partial charge in [0.05, 0.1) is 0 Å². The second-order valence-corrected chi connectivity index (χ2v) is 14.6. The van der Waals surface area contributed by atoms with E-state index >= 15 is 0 Å². The molecule has 0 aliphatic heterocycles. The van der Waals surface area contributed by atoms with Crippen molar-refractivity contribution in [3.63, 3.8) is 0 Å². The molecule has 8 aromatic rings. The molecular weight excluding hydrogens is 573 g/mol. The van der Waals surface area contributed by atoms with Crippen LogP contribution in [0.2, 0.25) is 0 Å². The van der Waals surface area contributed by atoms with Crippen LogP contribution in [-0.4, -0.2) is 0 Å². The predicted molar refractivity (Wildman–Crippen MR) is 200 cm³/mol. The Balaban J connectivity index is 1.22.